The van der Waals surface area contributed by atoms with Crippen molar-refractivity contribution in [1.29, 1.82) is 0 Å². The quantitative estimate of drug-likeness (QED) is 0.0454. The van der Waals surface area contributed by atoms with E-state index in [9.17, 15) is 25.2 Å². The van der Waals surface area contributed by atoms with Crippen LogP contribution in [-0.4, -0.2) is 57.3 Å². The lowest BCUT2D eigenvalue weighted by Crippen LogP contribution is -2.53. The van der Waals surface area contributed by atoms with Gasteiger partial charge in [-0.25, -0.2) is 0 Å². The molecule has 0 aromatic rings. The SMILES string of the molecule is CCCC/C=C/CCCC(O)C(O)C(CO)NC(=O)C(O)CCCCCCCCCCCCCCCCCCC. The minimum absolute atomic E-state index is 0.367. The molecule has 0 heterocycles. The lowest BCUT2D eigenvalue weighted by Gasteiger charge is -2.27. The molecule has 0 bridgehead atoms. The van der Waals surface area contributed by atoms with E-state index in [1.54, 1.807) is 0 Å². The fourth-order valence-corrected chi connectivity index (χ4v) is 5.15. The summed E-state index contributed by atoms with van der Waals surface area (Å²) in [6.45, 7) is 3.93. The molecule has 0 aromatic carbocycles. The Bertz CT molecular complexity index is 571. The van der Waals surface area contributed by atoms with E-state index in [2.05, 4.69) is 31.3 Å². The van der Waals surface area contributed by atoms with Gasteiger partial charge in [-0.15, -0.1) is 0 Å². The number of rotatable bonds is 30. The summed E-state index contributed by atoms with van der Waals surface area (Å²) < 4.78 is 0. The Hall–Kier alpha value is -0.950. The van der Waals surface area contributed by atoms with Crippen molar-refractivity contribution in [2.45, 2.75) is 192 Å². The van der Waals surface area contributed by atoms with Crippen molar-refractivity contribution in [3.05, 3.63) is 12.2 Å². The van der Waals surface area contributed by atoms with Gasteiger partial charge in [0.1, 0.15) is 12.2 Å². The lowest BCUT2D eigenvalue weighted by atomic mass is 10.00. The Labute approximate surface area is 247 Å². The highest BCUT2D eigenvalue weighted by atomic mass is 16.3. The number of carbonyl (C=O) groups excluding carboxylic acids is 1. The van der Waals surface area contributed by atoms with E-state index in [0.29, 0.717) is 12.8 Å². The molecule has 238 valence electrons. The number of amides is 1. The minimum Gasteiger partial charge on any atom is -0.394 e. The first-order chi connectivity index (χ1) is 19.5. The van der Waals surface area contributed by atoms with Crippen molar-refractivity contribution in [2.24, 2.45) is 0 Å². The predicted octanol–water partition coefficient (Wildman–Crippen LogP) is 7.50. The average molecular weight is 570 g/mol. The van der Waals surface area contributed by atoms with Gasteiger partial charge < -0.3 is 25.7 Å². The Balaban J connectivity index is 3.77. The van der Waals surface area contributed by atoms with Crippen molar-refractivity contribution >= 4 is 5.91 Å². The van der Waals surface area contributed by atoms with Gasteiger partial charge in [-0.1, -0.05) is 148 Å². The first-order valence-electron chi connectivity index (χ1n) is 17.1. The van der Waals surface area contributed by atoms with Crippen LogP contribution in [0.2, 0.25) is 0 Å². The van der Waals surface area contributed by atoms with Crippen molar-refractivity contribution in [3.63, 3.8) is 0 Å². The maximum absolute atomic E-state index is 12.4. The third-order valence-corrected chi connectivity index (χ3v) is 7.98. The highest BCUT2D eigenvalue weighted by Gasteiger charge is 2.28. The number of aliphatic hydroxyl groups is 4. The van der Waals surface area contributed by atoms with Gasteiger partial charge in [-0.05, 0) is 32.1 Å². The van der Waals surface area contributed by atoms with Crippen LogP contribution in [-0.2, 0) is 4.79 Å². The molecule has 0 saturated heterocycles. The van der Waals surface area contributed by atoms with Crippen LogP contribution in [0.15, 0.2) is 12.2 Å². The van der Waals surface area contributed by atoms with E-state index in [4.69, 9.17) is 0 Å². The van der Waals surface area contributed by atoms with E-state index >= 15 is 0 Å². The highest BCUT2D eigenvalue weighted by Crippen LogP contribution is 2.15. The third kappa shape index (κ3) is 23.7. The summed E-state index contributed by atoms with van der Waals surface area (Å²) in [5, 5.41) is 43.0. The molecule has 0 fully saturated rings. The summed E-state index contributed by atoms with van der Waals surface area (Å²) in [6, 6.07) is -0.993. The summed E-state index contributed by atoms with van der Waals surface area (Å²) in [6.07, 6.45) is 28.3. The van der Waals surface area contributed by atoms with Crippen LogP contribution in [0.1, 0.15) is 168 Å². The molecule has 0 aliphatic rings. The molecule has 0 saturated carbocycles. The number of allylic oxidation sites excluding steroid dienone is 2. The molecule has 6 nitrogen and oxygen atoms in total. The van der Waals surface area contributed by atoms with Crippen LogP contribution in [0.5, 0.6) is 0 Å². The number of nitrogens with one attached hydrogen (secondary N) is 1. The maximum atomic E-state index is 12.4. The number of unbranched alkanes of at least 4 members (excludes halogenated alkanes) is 19. The maximum Gasteiger partial charge on any atom is 0.249 e. The smallest absolute Gasteiger partial charge is 0.249 e. The summed E-state index contributed by atoms with van der Waals surface area (Å²) in [5.74, 6) is -0.597. The Morgan fingerprint density at radius 3 is 1.48 bits per heavy atom. The zero-order valence-corrected chi connectivity index (χ0v) is 26.3. The van der Waals surface area contributed by atoms with Crippen molar-refractivity contribution in [1.82, 2.24) is 5.32 Å². The molecule has 4 atom stereocenters. The van der Waals surface area contributed by atoms with E-state index in [1.165, 1.54) is 96.3 Å². The second-order valence-electron chi connectivity index (χ2n) is 11.9. The van der Waals surface area contributed by atoms with Gasteiger partial charge >= 0.3 is 0 Å². The summed E-state index contributed by atoms with van der Waals surface area (Å²) in [7, 11) is 0. The molecule has 0 aromatic heterocycles. The molecule has 0 spiro atoms. The van der Waals surface area contributed by atoms with Crippen LogP contribution in [0.3, 0.4) is 0 Å². The molecular weight excluding hydrogens is 502 g/mol. The van der Waals surface area contributed by atoms with E-state index < -0.39 is 36.9 Å². The van der Waals surface area contributed by atoms with Gasteiger partial charge in [0, 0.05) is 0 Å². The average Bonchev–Trinajstić information content (AvgIpc) is 2.96. The third-order valence-electron chi connectivity index (χ3n) is 7.98. The fraction of sp³-hybridized carbons (Fsp3) is 0.912. The number of aliphatic hydroxyl groups excluding tert-OH is 4. The predicted molar refractivity (Wildman–Crippen MR) is 168 cm³/mol. The second-order valence-corrected chi connectivity index (χ2v) is 11.9. The van der Waals surface area contributed by atoms with E-state index in [-0.39, 0.29) is 0 Å². The molecule has 0 aliphatic carbocycles. The Morgan fingerprint density at radius 2 is 1.02 bits per heavy atom. The van der Waals surface area contributed by atoms with Gasteiger partial charge in [0.25, 0.3) is 0 Å². The zero-order valence-electron chi connectivity index (χ0n) is 26.3. The molecule has 4 unspecified atom stereocenters. The van der Waals surface area contributed by atoms with Gasteiger partial charge in [-0.3, -0.25) is 4.79 Å². The molecule has 40 heavy (non-hydrogen) atoms. The number of hydrogen-bond acceptors (Lipinski definition) is 5. The second kappa shape index (κ2) is 29.5. The highest BCUT2D eigenvalue weighted by molar-refractivity contribution is 5.80. The van der Waals surface area contributed by atoms with Crippen molar-refractivity contribution < 1.29 is 25.2 Å². The van der Waals surface area contributed by atoms with Crippen molar-refractivity contribution in [3.8, 4) is 0 Å². The summed E-state index contributed by atoms with van der Waals surface area (Å²) in [5.41, 5.74) is 0. The standard InChI is InChI=1S/C34H67NO5/c1-3-5-7-9-11-12-13-14-15-16-17-18-19-20-22-24-26-28-32(38)34(40)35-30(29-36)33(39)31(37)27-25-23-21-10-8-6-4-2/h10,21,30-33,36-39H,3-9,11-20,22-29H2,1-2H3,(H,35,40)/b21-10+. The van der Waals surface area contributed by atoms with E-state index in [0.717, 1.165) is 44.9 Å². The molecule has 6 heteroatoms. The topological polar surface area (TPSA) is 110 Å². The monoisotopic (exact) mass is 570 g/mol. The van der Waals surface area contributed by atoms with Gasteiger partial charge in [0.05, 0.1) is 18.8 Å². The van der Waals surface area contributed by atoms with Gasteiger partial charge in [0.2, 0.25) is 5.91 Å². The van der Waals surface area contributed by atoms with Crippen LogP contribution in [0.25, 0.3) is 0 Å². The molecule has 0 rings (SSSR count). The molecule has 1 amide bonds. The van der Waals surface area contributed by atoms with E-state index in [1.807, 2.05) is 0 Å². The summed E-state index contributed by atoms with van der Waals surface area (Å²) >= 11 is 0. The van der Waals surface area contributed by atoms with Crippen LogP contribution in [0, 0.1) is 0 Å². The summed E-state index contributed by atoms with van der Waals surface area (Å²) in [4.78, 5) is 12.4. The number of hydrogen-bond donors (Lipinski definition) is 5. The van der Waals surface area contributed by atoms with Crippen LogP contribution >= 0.6 is 0 Å². The molecule has 5 N–H and O–H groups in total. The van der Waals surface area contributed by atoms with Crippen LogP contribution < -0.4 is 5.32 Å². The van der Waals surface area contributed by atoms with Crippen LogP contribution in [0.4, 0.5) is 0 Å². The first kappa shape index (κ1) is 39.0. The molecule has 0 radical (unpaired) electrons. The van der Waals surface area contributed by atoms with Crippen molar-refractivity contribution in [2.75, 3.05) is 6.61 Å². The minimum atomic E-state index is -1.27. The van der Waals surface area contributed by atoms with Gasteiger partial charge in [-0.2, -0.15) is 0 Å². The molecule has 0 aliphatic heterocycles. The normalized spacial score (nSPS) is 14.8. The first-order valence-corrected chi connectivity index (χ1v) is 17.1. The number of carbonyl (C=O) groups is 1. The Kier molecular flexibility index (Phi) is 28.8. The fourth-order valence-electron chi connectivity index (χ4n) is 5.15. The zero-order chi connectivity index (χ0) is 29.7. The lowest BCUT2D eigenvalue weighted by molar-refractivity contribution is -0.132. The largest absolute Gasteiger partial charge is 0.394 e. The van der Waals surface area contributed by atoms with Gasteiger partial charge in [0.15, 0.2) is 0 Å². The Morgan fingerprint density at radius 1 is 0.600 bits per heavy atom. The molecular formula is C34H67NO5.